The van der Waals surface area contributed by atoms with Crippen LogP contribution < -0.4 is 4.90 Å². The molecular weight excluding hydrogens is 186 g/mol. The van der Waals surface area contributed by atoms with Crippen LogP contribution in [-0.4, -0.2) is 18.9 Å². The van der Waals surface area contributed by atoms with Gasteiger partial charge in [0, 0.05) is 18.7 Å². The molecule has 1 fully saturated rings. The molecule has 2 unspecified atom stereocenters. The number of hydrogen-bond acceptors (Lipinski definition) is 2. The molecule has 1 aliphatic rings. The monoisotopic (exact) mass is 203 g/mol. The van der Waals surface area contributed by atoms with Gasteiger partial charge in [0.05, 0.1) is 6.04 Å². The minimum absolute atomic E-state index is 0.0856. The number of Topliss-reactive ketones (excluding diaryl/α,β-unsaturated/α-hetero) is 1. The number of ketones is 1. The van der Waals surface area contributed by atoms with E-state index in [1.165, 1.54) is 0 Å². The lowest BCUT2D eigenvalue weighted by molar-refractivity contribution is -0.121. The quantitative estimate of drug-likeness (QED) is 0.736. The van der Waals surface area contributed by atoms with Crippen molar-refractivity contribution in [1.29, 1.82) is 0 Å². The van der Waals surface area contributed by atoms with Gasteiger partial charge in [-0.15, -0.1) is 0 Å². The Morgan fingerprint density at radius 2 is 1.87 bits per heavy atom. The number of likely N-dealkylation sites (N-methyl/N-ethyl adjacent to an activating group) is 1. The second-order valence-electron chi connectivity index (χ2n) is 4.34. The Labute approximate surface area is 90.9 Å². The molecular formula is C13H17NO. The maximum atomic E-state index is 11.9. The van der Waals surface area contributed by atoms with E-state index in [-0.39, 0.29) is 12.0 Å². The van der Waals surface area contributed by atoms with Gasteiger partial charge in [0.2, 0.25) is 0 Å². The second kappa shape index (κ2) is 4.05. The van der Waals surface area contributed by atoms with E-state index in [0.29, 0.717) is 5.78 Å². The highest BCUT2D eigenvalue weighted by molar-refractivity contribution is 5.90. The molecule has 0 aliphatic heterocycles. The van der Waals surface area contributed by atoms with E-state index in [4.69, 9.17) is 0 Å². The number of hydrogen-bond donors (Lipinski definition) is 0. The van der Waals surface area contributed by atoms with Gasteiger partial charge in [-0.05, 0) is 25.0 Å². The molecule has 0 radical (unpaired) electrons. The highest BCUT2D eigenvalue weighted by Gasteiger charge is 2.33. The largest absolute Gasteiger partial charge is 0.365 e. The smallest absolute Gasteiger partial charge is 0.157 e. The SMILES string of the molecule is CC1CCC(N(C)c2ccccc2)C1=O. The fraction of sp³-hybridized carbons (Fsp3) is 0.462. The van der Waals surface area contributed by atoms with E-state index >= 15 is 0 Å². The number of carbonyl (C=O) groups excluding carboxylic acids is 1. The molecule has 0 bridgehead atoms. The normalized spacial score (nSPS) is 25.6. The molecule has 1 aromatic rings. The molecule has 1 aliphatic carbocycles. The van der Waals surface area contributed by atoms with Crippen LogP contribution in [0.3, 0.4) is 0 Å². The molecule has 1 aromatic carbocycles. The maximum absolute atomic E-state index is 11.9. The van der Waals surface area contributed by atoms with Gasteiger partial charge in [-0.2, -0.15) is 0 Å². The minimum atomic E-state index is 0.0856. The summed E-state index contributed by atoms with van der Waals surface area (Å²) in [6.07, 6.45) is 2.02. The Balaban J connectivity index is 2.16. The van der Waals surface area contributed by atoms with Crippen molar-refractivity contribution in [2.24, 2.45) is 5.92 Å². The lowest BCUT2D eigenvalue weighted by Crippen LogP contribution is -2.36. The molecule has 1 saturated carbocycles. The van der Waals surface area contributed by atoms with Gasteiger partial charge >= 0.3 is 0 Å². The first-order valence-electron chi connectivity index (χ1n) is 5.52. The van der Waals surface area contributed by atoms with Gasteiger partial charge in [-0.3, -0.25) is 4.79 Å². The maximum Gasteiger partial charge on any atom is 0.157 e. The summed E-state index contributed by atoms with van der Waals surface area (Å²) in [4.78, 5) is 14.0. The predicted octanol–water partition coefficient (Wildman–Crippen LogP) is 2.49. The lowest BCUT2D eigenvalue weighted by Gasteiger charge is -2.25. The van der Waals surface area contributed by atoms with Crippen molar-refractivity contribution in [3.8, 4) is 0 Å². The summed E-state index contributed by atoms with van der Waals surface area (Å²) in [6, 6.07) is 10.2. The van der Waals surface area contributed by atoms with Crippen LogP contribution >= 0.6 is 0 Å². The number of rotatable bonds is 2. The zero-order chi connectivity index (χ0) is 10.8. The van der Waals surface area contributed by atoms with E-state index in [1.54, 1.807) is 0 Å². The van der Waals surface area contributed by atoms with Crippen molar-refractivity contribution >= 4 is 11.5 Å². The van der Waals surface area contributed by atoms with Crippen LogP contribution in [0.5, 0.6) is 0 Å². The lowest BCUT2D eigenvalue weighted by atomic mass is 10.1. The molecule has 2 nitrogen and oxygen atoms in total. The average Bonchev–Trinajstić information content (AvgIpc) is 2.60. The molecule has 0 spiro atoms. The Bertz CT molecular complexity index is 347. The van der Waals surface area contributed by atoms with E-state index in [0.717, 1.165) is 18.5 Å². The molecule has 0 amide bonds. The standard InChI is InChI=1S/C13H17NO/c1-10-8-9-12(13(10)15)14(2)11-6-4-3-5-7-11/h3-7,10,12H,8-9H2,1-2H3. The summed E-state index contributed by atoms with van der Waals surface area (Å²) in [5.74, 6) is 0.627. The van der Waals surface area contributed by atoms with Gasteiger partial charge in [-0.1, -0.05) is 25.1 Å². The van der Waals surface area contributed by atoms with Gasteiger partial charge in [-0.25, -0.2) is 0 Å². The van der Waals surface area contributed by atoms with Crippen molar-refractivity contribution in [1.82, 2.24) is 0 Å². The van der Waals surface area contributed by atoms with Crippen LogP contribution in [0.4, 0.5) is 5.69 Å². The highest BCUT2D eigenvalue weighted by Crippen LogP contribution is 2.27. The number of nitrogens with zero attached hydrogens (tertiary/aromatic N) is 1. The fourth-order valence-electron chi connectivity index (χ4n) is 2.25. The molecule has 2 rings (SSSR count). The average molecular weight is 203 g/mol. The van der Waals surface area contributed by atoms with Crippen molar-refractivity contribution in [2.75, 3.05) is 11.9 Å². The molecule has 80 valence electrons. The molecule has 0 N–H and O–H groups in total. The van der Waals surface area contributed by atoms with Crippen molar-refractivity contribution < 1.29 is 4.79 Å². The summed E-state index contributed by atoms with van der Waals surface area (Å²) in [6.45, 7) is 2.03. The Morgan fingerprint density at radius 1 is 1.20 bits per heavy atom. The number of benzene rings is 1. The Kier molecular flexibility index (Phi) is 2.76. The molecule has 2 heteroatoms. The first-order valence-corrected chi connectivity index (χ1v) is 5.52. The second-order valence-corrected chi connectivity index (χ2v) is 4.34. The van der Waals surface area contributed by atoms with Crippen LogP contribution in [0, 0.1) is 5.92 Å². The van der Waals surface area contributed by atoms with Crippen molar-refractivity contribution in [3.05, 3.63) is 30.3 Å². The summed E-state index contributed by atoms with van der Waals surface area (Å²) in [7, 11) is 2.01. The highest BCUT2D eigenvalue weighted by atomic mass is 16.1. The summed E-state index contributed by atoms with van der Waals surface area (Å²) in [5.41, 5.74) is 1.13. The van der Waals surface area contributed by atoms with Crippen molar-refractivity contribution in [2.45, 2.75) is 25.8 Å². The molecule has 0 saturated heterocycles. The van der Waals surface area contributed by atoms with Gasteiger partial charge < -0.3 is 4.90 Å². The Hall–Kier alpha value is -1.31. The van der Waals surface area contributed by atoms with E-state index in [9.17, 15) is 4.79 Å². The number of para-hydroxylation sites is 1. The van der Waals surface area contributed by atoms with Gasteiger partial charge in [0.25, 0.3) is 0 Å². The van der Waals surface area contributed by atoms with Crippen LogP contribution in [-0.2, 0) is 4.79 Å². The van der Waals surface area contributed by atoms with E-state index in [1.807, 2.05) is 32.2 Å². The van der Waals surface area contributed by atoms with Gasteiger partial charge in [0.15, 0.2) is 5.78 Å². The van der Waals surface area contributed by atoms with Crippen LogP contribution in [0.2, 0.25) is 0 Å². The van der Waals surface area contributed by atoms with Crippen LogP contribution in [0.15, 0.2) is 30.3 Å². The predicted molar refractivity (Wildman–Crippen MR) is 62.0 cm³/mol. The summed E-state index contributed by atoms with van der Waals surface area (Å²) < 4.78 is 0. The first-order chi connectivity index (χ1) is 7.20. The minimum Gasteiger partial charge on any atom is -0.365 e. The topological polar surface area (TPSA) is 20.3 Å². The molecule has 0 aromatic heterocycles. The zero-order valence-corrected chi connectivity index (χ0v) is 9.31. The summed E-state index contributed by atoms with van der Waals surface area (Å²) >= 11 is 0. The number of anilines is 1. The van der Waals surface area contributed by atoms with Crippen molar-refractivity contribution in [3.63, 3.8) is 0 Å². The fourth-order valence-corrected chi connectivity index (χ4v) is 2.25. The third kappa shape index (κ3) is 1.89. The Morgan fingerprint density at radius 3 is 2.40 bits per heavy atom. The molecule has 0 heterocycles. The number of carbonyl (C=O) groups is 1. The van der Waals surface area contributed by atoms with Crippen LogP contribution in [0.1, 0.15) is 19.8 Å². The third-order valence-corrected chi connectivity index (χ3v) is 3.32. The van der Waals surface area contributed by atoms with E-state index in [2.05, 4.69) is 17.0 Å². The first kappa shape index (κ1) is 10.2. The van der Waals surface area contributed by atoms with E-state index < -0.39 is 0 Å². The zero-order valence-electron chi connectivity index (χ0n) is 9.31. The molecule has 15 heavy (non-hydrogen) atoms. The van der Waals surface area contributed by atoms with Gasteiger partial charge in [0.1, 0.15) is 0 Å². The summed E-state index contributed by atoms with van der Waals surface area (Å²) in [5, 5.41) is 0. The van der Waals surface area contributed by atoms with Crippen LogP contribution in [0.25, 0.3) is 0 Å². The third-order valence-electron chi connectivity index (χ3n) is 3.32. The molecule has 2 atom stereocenters.